The van der Waals surface area contributed by atoms with E-state index in [4.69, 9.17) is 5.11 Å². The van der Waals surface area contributed by atoms with Gasteiger partial charge in [0, 0.05) is 9.35 Å². The first kappa shape index (κ1) is 16.2. The van der Waals surface area contributed by atoms with Gasteiger partial charge in [-0.2, -0.15) is 0 Å². The third-order valence-electron chi connectivity index (χ3n) is 2.78. The first-order valence-electron chi connectivity index (χ1n) is 5.90. The van der Waals surface area contributed by atoms with Gasteiger partial charge in [-0.3, -0.25) is 0 Å². The molecule has 1 aromatic heterocycles. The number of carboxylic acids is 1. The van der Waals surface area contributed by atoms with Crippen molar-refractivity contribution in [2.75, 3.05) is 0 Å². The third-order valence-corrected chi connectivity index (χ3v) is 6.07. The van der Waals surface area contributed by atoms with Crippen LogP contribution in [-0.2, 0) is 10.0 Å². The van der Waals surface area contributed by atoms with Crippen molar-refractivity contribution >= 4 is 43.3 Å². The molecule has 0 unspecified atom stereocenters. The minimum Gasteiger partial charge on any atom is -0.478 e. The first-order chi connectivity index (χ1) is 9.81. The lowest BCUT2D eigenvalue weighted by Crippen LogP contribution is -2.26. The number of sulfonamides is 1. The summed E-state index contributed by atoms with van der Waals surface area (Å²) in [7, 11) is -3.79. The molecule has 2 N–H and O–H groups in total. The van der Waals surface area contributed by atoms with Crippen LogP contribution in [0.15, 0.2) is 45.1 Å². The minimum atomic E-state index is -3.79. The van der Waals surface area contributed by atoms with Gasteiger partial charge >= 0.3 is 5.97 Å². The van der Waals surface area contributed by atoms with Gasteiger partial charge in [0.1, 0.15) is 0 Å². The van der Waals surface area contributed by atoms with Crippen LogP contribution in [0.5, 0.6) is 0 Å². The number of hydrogen-bond donors (Lipinski definition) is 2. The van der Waals surface area contributed by atoms with E-state index in [0.29, 0.717) is 4.47 Å². The maximum absolute atomic E-state index is 12.3. The van der Waals surface area contributed by atoms with Crippen LogP contribution in [-0.4, -0.2) is 19.5 Å². The first-order valence-corrected chi connectivity index (χ1v) is 9.05. The molecule has 0 radical (unpaired) electrons. The Morgan fingerprint density at radius 2 is 2.10 bits per heavy atom. The van der Waals surface area contributed by atoms with E-state index >= 15 is 0 Å². The van der Waals surface area contributed by atoms with Crippen molar-refractivity contribution in [1.29, 1.82) is 0 Å². The second kappa shape index (κ2) is 6.27. The molecule has 2 aromatic rings. The van der Waals surface area contributed by atoms with E-state index in [0.717, 1.165) is 10.9 Å². The Balaban J connectivity index is 2.32. The SMILES string of the molecule is C[C@@H](NS(=O)(=O)c1ccc(Br)c(C(=O)O)c1)c1cccs1. The Kier molecular flexibility index (Phi) is 4.82. The molecule has 5 nitrogen and oxygen atoms in total. The zero-order valence-electron chi connectivity index (χ0n) is 10.9. The number of nitrogens with one attached hydrogen (secondary N) is 1. The van der Waals surface area contributed by atoms with Crippen LogP contribution in [0.4, 0.5) is 0 Å². The normalized spacial score (nSPS) is 13.0. The molecule has 1 heterocycles. The zero-order valence-corrected chi connectivity index (χ0v) is 14.1. The van der Waals surface area contributed by atoms with Crippen molar-refractivity contribution in [2.45, 2.75) is 17.9 Å². The Morgan fingerprint density at radius 1 is 1.38 bits per heavy atom. The molecule has 2 rings (SSSR count). The predicted octanol–water partition coefficient (Wildman–Crippen LogP) is 3.25. The van der Waals surface area contributed by atoms with E-state index < -0.39 is 16.0 Å². The highest BCUT2D eigenvalue weighted by Crippen LogP contribution is 2.24. The van der Waals surface area contributed by atoms with Gasteiger partial charge in [-0.05, 0) is 52.5 Å². The van der Waals surface area contributed by atoms with Gasteiger partial charge in [0.25, 0.3) is 0 Å². The summed E-state index contributed by atoms with van der Waals surface area (Å²) in [5.41, 5.74) is -0.0957. The fourth-order valence-corrected chi connectivity index (χ4v) is 4.21. The summed E-state index contributed by atoms with van der Waals surface area (Å²) < 4.78 is 27.5. The fourth-order valence-electron chi connectivity index (χ4n) is 1.73. The largest absolute Gasteiger partial charge is 0.478 e. The highest BCUT2D eigenvalue weighted by Gasteiger charge is 2.21. The maximum atomic E-state index is 12.3. The lowest BCUT2D eigenvalue weighted by atomic mass is 10.2. The van der Waals surface area contributed by atoms with E-state index in [2.05, 4.69) is 20.7 Å². The van der Waals surface area contributed by atoms with Crippen LogP contribution in [0.2, 0.25) is 0 Å². The standard InChI is InChI=1S/C13H12BrNO4S2/c1-8(12-3-2-6-20-12)15-21(18,19)9-4-5-11(14)10(7-9)13(16)17/h2-8,15H,1H3,(H,16,17)/t8-/m1/s1. The summed E-state index contributed by atoms with van der Waals surface area (Å²) in [6.45, 7) is 1.74. The van der Waals surface area contributed by atoms with Crippen LogP contribution in [0, 0.1) is 0 Å². The fraction of sp³-hybridized carbons (Fsp3) is 0.154. The van der Waals surface area contributed by atoms with E-state index in [1.165, 1.54) is 23.5 Å². The molecule has 0 aliphatic heterocycles. The third kappa shape index (κ3) is 3.70. The predicted molar refractivity (Wildman–Crippen MR) is 84.2 cm³/mol. The Labute approximate surface area is 134 Å². The van der Waals surface area contributed by atoms with Crippen LogP contribution < -0.4 is 4.72 Å². The highest BCUT2D eigenvalue weighted by atomic mass is 79.9. The smallest absolute Gasteiger partial charge is 0.336 e. The summed E-state index contributed by atoms with van der Waals surface area (Å²) in [5, 5.41) is 10.9. The molecular formula is C13H12BrNO4S2. The summed E-state index contributed by atoms with van der Waals surface area (Å²) in [6, 6.07) is 7.20. The Bertz CT molecular complexity index is 756. The molecular weight excluding hydrogens is 378 g/mol. The highest BCUT2D eigenvalue weighted by molar-refractivity contribution is 9.10. The van der Waals surface area contributed by atoms with E-state index in [1.54, 1.807) is 6.92 Å². The number of rotatable bonds is 5. The van der Waals surface area contributed by atoms with Crippen molar-refractivity contribution in [2.24, 2.45) is 0 Å². The average molecular weight is 390 g/mol. The number of carboxylic acid groups (broad SMARTS) is 1. The van der Waals surface area contributed by atoms with Crippen molar-refractivity contribution < 1.29 is 18.3 Å². The van der Waals surface area contributed by atoms with Gasteiger partial charge in [-0.1, -0.05) is 6.07 Å². The summed E-state index contributed by atoms with van der Waals surface area (Å²) >= 11 is 4.53. The number of halogens is 1. The van der Waals surface area contributed by atoms with Crippen molar-refractivity contribution in [1.82, 2.24) is 4.72 Å². The molecule has 0 saturated heterocycles. The molecule has 0 fully saturated rings. The summed E-state index contributed by atoms with van der Waals surface area (Å²) in [4.78, 5) is 11.9. The molecule has 0 spiro atoms. The van der Waals surface area contributed by atoms with E-state index in [9.17, 15) is 13.2 Å². The molecule has 0 amide bonds. The van der Waals surface area contributed by atoms with Gasteiger partial charge in [0.15, 0.2) is 0 Å². The van der Waals surface area contributed by atoms with Crippen LogP contribution in [0.1, 0.15) is 28.2 Å². The van der Waals surface area contributed by atoms with E-state index in [-0.39, 0.29) is 16.5 Å². The molecule has 1 aromatic carbocycles. The lowest BCUT2D eigenvalue weighted by molar-refractivity contribution is 0.0695. The van der Waals surface area contributed by atoms with Gasteiger partial charge in [0.2, 0.25) is 10.0 Å². The number of thiophene rings is 1. The van der Waals surface area contributed by atoms with Crippen LogP contribution in [0.25, 0.3) is 0 Å². The van der Waals surface area contributed by atoms with Gasteiger partial charge in [0.05, 0.1) is 16.5 Å². The topological polar surface area (TPSA) is 83.5 Å². The second-order valence-corrected chi connectivity index (χ2v) is 7.85. The average Bonchev–Trinajstić information content (AvgIpc) is 2.92. The summed E-state index contributed by atoms with van der Waals surface area (Å²) in [6.07, 6.45) is 0. The monoisotopic (exact) mass is 389 g/mol. The number of hydrogen-bond acceptors (Lipinski definition) is 4. The maximum Gasteiger partial charge on any atom is 0.336 e. The molecule has 0 bridgehead atoms. The quantitative estimate of drug-likeness (QED) is 0.821. The lowest BCUT2D eigenvalue weighted by Gasteiger charge is -2.13. The number of carbonyl (C=O) groups is 1. The van der Waals surface area contributed by atoms with Crippen LogP contribution in [0.3, 0.4) is 0 Å². The molecule has 0 saturated carbocycles. The molecule has 8 heteroatoms. The Hall–Kier alpha value is -1.22. The van der Waals surface area contributed by atoms with Crippen LogP contribution >= 0.6 is 27.3 Å². The number of benzene rings is 1. The summed E-state index contributed by atoms with van der Waals surface area (Å²) in [5.74, 6) is -1.19. The van der Waals surface area contributed by atoms with Gasteiger partial charge in [-0.15, -0.1) is 11.3 Å². The molecule has 21 heavy (non-hydrogen) atoms. The van der Waals surface area contributed by atoms with Gasteiger partial charge < -0.3 is 5.11 Å². The van der Waals surface area contributed by atoms with E-state index in [1.807, 2.05) is 17.5 Å². The van der Waals surface area contributed by atoms with Gasteiger partial charge in [-0.25, -0.2) is 17.9 Å². The number of aromatic carboxylic acids is 1. The minimum absolute atomic E-state index is 0.0773. The molecule has 1 atom stereocenters. The molecule has 0 aliphatic carbocycles. The van der Waals surface area contributed by atoms with Crippen molar-refractivity contribution in [3.05, 3.63) is 50.6 Å². The zero-order chi connectivity index (χ0) is 15.6. The second-order valence-electron chi connectivity index (χ2n) is 4.31. The Morgan fingerprint density at radius 3 is 2.67 bits per heavy atom. The van der Waals surface area contributed by atoms with Crippen molar-refractivity contribution in [3.63, 3.8) is 0 Å². The van der Waals surface area contributed by atoms with Crippen molar-refractivity contribution in [3.8, 4) is 0 Å². The molecule has 0 aliphatic rings. The molecule has 112 valence electrons.